The molecular formula is C16H16F3NO8S. The van der Waals surface area contributed by atoms with E-state index in [1.807, 2.05) is 0 Å². The Kier molecular flexibility index (Phi) is 5.85. The number of amides is 1. The van der Waals surface area contributed by atoms with Crippen molar-refractivity contribution in [3.63, 3.8) is 0 Å². The van der Waals surface area contributed by atoms with Gasteiger partial charge in [0.25, 0.3) is 0 Å². The van der Waals surface area contributed by atoms with E-state index >= 15 is 0 Å². The van der Waals surface area contributed by atoms with Gasteiger partial charge in [-0.2, -0.15) is 21.6 Å². The minimum absolute atomic E-state index is 0.0614. The Morgan fingerprint density at radius 2 is 1.83 bits per heavy atom. The lowest BCUT2D eigenvalue weighted by molar-refractivity contribution is -0.183. The van der Waals surface area contributed by atoms with Crippen LogP contribution in [0.15, 0.2) is 30.3 Å². The molecule has 0 radical (unpaired) electrons. The van der Waals surface area contributed by atoms with Crippen molar-refractivity contribution in [3.8, 4) is 0 Å². The largest absolute Gasteiger partial charge is 0.523 e. The summed E-state index contributed by atoms with van der Waals surface area (Å²) in [6.07, 6.45) is -5.96. The van der Waals surface area contributed by atoms with Crippen LogP contribution < -0.4 is 5.32 Å². The van der Waals surface area contributed by atoms with Gasteiger partial charge in [-0.25, -0.2) is 4.79 Å². The summed E-state index contributed by atoms with van der Waals surface area (Å²) in [5.74, 6) is -1.59. The first kappa shape index (κ1) is 21.5. The number of fused-ring (bicyclic) bond motifs is 2. The number of alkyl halides is 3. The third-order valence-electron chi connectivity index (χ3n) is 4.21. The van der Waals surface area contributed by atoms with E-state index in [0.29, 0.717) is 0 Å². The molecule has 1 N–H and O–H groups in total. The normalized spacial score (nSPS) is 29.3. The highest BCUT2D eigenvalue weighted by molar-refractivity contribution is 7.87. The van der Waals surface area contributed by atoms with E-state index in [2.05, 4.69) is 9.50 Å². The van der Waals surface area contributed by atoms with Crippen molar-refractivity contribution in [2.24, 2.45) is 0 Å². The topological polar surface area (TPSA) is 117 Å². The van der Waals surface area contributed by atoms with Crippen LogP contribution in [0.5, 0.6) is 0 Å². The number of ether oxygens (including phenoxy) is 3. The van der Waals surface area contributed by atoms with Crippen molar-refractivity contribution in [2.45, 2.75) is 43.1 Å². The van der Waals surface area contributed by atoms with Crippen molar-refractivity contribution in [2.75, 3.05) is 6.61 Å². The van der Waals surface area contributed by atoms with E-state index in [0.717, 1.165) is 6.92 Å². The lowest BCUT2D eigenvalue weighted by atomic mass is 9.98. The Balaban J connectivity index is 1.94. The molecule has 9 nitrogen and oxygen atoms in total. The first-order valence-corrected chi connectivity index (χ1v) is 9.70. The zero-order chi connectivity index (χ0) is 21.4. The fraction of sp³-hybridized carbons (Fsp3) is 0.500. The van der Waals surface area contributed by atoms with Crippen molar-refractivity contribution in [3.05, 3.63) is 35.9 Å². The molecule has 0 saturated carbocycles. The summed E-state index contributed by atoms with van der Waals surface area (Å²) in [4.78, 5) is 24.0. The molecule has 0 aliphatic carbocycles. The highest BCUT2D eigenvalue weighted by atomic mass is 32.2. The number of benzene rings is 1. The lowest BCUT2D eigenvalue weighted by Gasteiger charge is -2.39. The van der Waals surface area contributed by atoms with Gasteiger partial charge in [0.1, 0.15) is 18.2 Å². The van der Waals surface area contributed by atoms with Crippen LogP contribution in [0.2, 0.25) is 0 Å². The predicted molar refractivity (Wildman–Crippen MR) is 87.7 cm³/mol. The number of hydrogen-bond acceptors (Lipinski definition) is 8. The fourth-order valence-electron chi connectivity index (χ4n) is 2.98. The van der Waals surface area contributed by atoms with Crippen LogP contribution in [-0.4, -0.2) is 63.1 Å². The molecular weight excluding hydrogens is 423 g/mol. The number of nitrogens with one attached hydrogen (secondary N) is 1. The SMILES string of the molecule is CC(=O)N[C@H]1[C@@H]2OC[C@@H](O2)[C@H](OS(=O)(=O)C(F)(F)F)[C@@H]1OC(=O)c1ccccc1. The zero-order valence-corrected chi connectivity index (χ0v) is 15.6. The second kappa shape index (κ2) is 7.89. The van der Waals surface area contributed by atoms with Gasteiger partial charge in [-0.05, 0) is 12.1 Å². The predicted octanol–water partition coefficient (Wildman–Crippen LogP) is 0.707. The van der Waals surface area contributed by atoms with Gasteiger partial charge in [-0.15, -0.1) is 0 Å². The second-order valence-corrected chi connectivity index (χ2v) is 7.86. The molecule has 29 heavy (non-hydrogen) atoms. The van der Waals surface area contributed by atoms with E-state index < -0.39 is 58.1 Å². The molecule has 5 atom stereocenters. The van der Waals surface area contributed by atoms with Crippen LogP contribution in [0, 0.1) is 0 Å². The van der Waals surface area contributed by atoms with Crippen LogP contribution in [0.1, 0.15) is 17.3 Å². The van der Waals surface area contributed by atoms with Gasteiger partial charge >= 0.3 is 21.6 Å². The van der Waals surface area contributed by atoms with E-state index in [9.17, 15) is 31.2 Å². The van der Waals surface area contributed by atoms with E-state index in [4.69, 9.17) is 14.2 Å². The van der Waals surface area contributed by atoms with E-state index in [-0.39, 0.29) is 12.2 Å². The quantitative estimate of drug-likeness (QED) is 0.405. The number of carbonyl (C=O) groups excluding carboxylic acids is 2. The summed E-state index contributed by atoms with van der Waals surface area (Å²) in [5.41, 5.74) is -5.65. The minimum Gasteiger partial charge on any atom is -0.453 e. The average molecular weight is 439 g/mol. The summed E-state index contributed by atoms with van der Waals surface area (Å²) in [7, 11) is -6.05. The minimum atomic E-state index is -6.05. The van der Waals surface area contributed by atoms with Crippen molar-refractivity contribution >= 4 is 22.0 Å². The molecule has 0 aromatic heterocycles. The molecule has 2 aliphatic heterocycles. The summed E-state index contributed by atoms with van der Waals surface area (Å²) in [5, 5.41) is 2.35. The fourth-order valence-corrected chi connectivity index (χ4v) is 3.62. The van der Waals surface area contributed by atoms with E-state index in [1.165, 1.54) is 24.3 Å². The standard InChI is InChI=1S/C16H16F3NO8S/c1-8(21)20-11-13(27-14(22)9-5-3-2-4-6-9)12(10-7-25-15(11)26-10)28-29(23,24)16(17,18)19/h2-6,10-13,15H,7H2,1H3,(H,20,21)/t10-,11-,12+,13-,15-/m1/s1. The van der Waals surface area contributed by atoms with Gasteiger partial charge in [0.2, 0.25) is 5.91 Å². The first-order chi connectivity index (χ1) is 13.5. The molecule has 2 heterocycles. The molecule has 1 amide bonds. The smallest absolute Gasteiger partial charge is 0.453 e. The molecule has 1 aromatic rings. The number of esters is 1. The van der Waals surface area contributed by atoms with E-state index in [1.54, 1.807) is 6.07 Å². The highest BCUT2D eigenvalue weighted by Crippen LogP contribution is 2.36. The van der Waals surface area contributed by atoms with Crippen LogP contribution in [0.3, 0.4) is 0 Å². The van der Waals surface area contributed by atoms with Gasteiger partial charge in [-0.1, -0.05) is 18.2 Å². The maximum atomic E-state index is 12.8. The highest BCUT2D eigenvalue weighted by Gasteiger charge is 2.58. The monoisotopic (exact) mass is 439 g/mol. The molecule has 3 rings (SSSR count). The zero-order valence-electron chi connectivity index (χ0n) is 14.8. The summed E-state index contributed by atoms with van der Waals surface area (Å²) < 4.78 is 81.8. The Morgan fingerprint density at radius 1 is 1.17 bits per heavy atom. The van der Waals surface area contributed by atoms with Crippen LogP contribution >= 0.6 is 0 Å². The Morgan fingerprint density at radius 3 is 2.41 bits per heavy atom. The lowest BCUT2D eigenvalue weighted by Crippen LogP contribution is -2.63. The summed E-state index contributed by atoms with van der Waals surface area (Å²) in [6.45, 7) is 0.789. The second-order valence-electron chi connectivity index (χ2n) is 6.30. The van der Waals surface area contributed by atoms with Crippen LogP contribution in [0.25, 0.3) is 0 Å². The molecule has 13 heteroatoms. The van der Waals surface area contributed by atoms with Gasteiger partial charge in [0.05, 0.1) is 12.2 Å². The van der Waals surface area contributed by atoms with Crippen molar-refractivity contribution in [1.82, 2.24) is 5.32 Å². The number of carbonyl (C=O) groups is 2. The molecule has 2 saturated heterocycles. The third-order valence-corrected chi connectivity index (χ3v) is 5.26. The van der Waals surface area contributed by atoms with Crippen LogP contribution in [0.4, 0.5) is 13.2 Å². The molecule has 0 spiro atoms. The molecule has 0 unspecified atom stereocenters. The molecule has 160 valence electrons. The Bertz CT molecular complexity index is 876. The van der Waals surface area contributed by atoms with Gasteiger partial charge in [-0.3, -0.25) is 8.98 Å². The molecule has 1 aromatic carbocycles. The third kappa shape index (κ3) is 4.52. The molecule has 2 aliphatic rings. The maximum absolute atomic E-state index is 12.8. The summed E-state index contributed by atoms with van der Waals surface area (Å²) >= 11 is 0. The Hall–Kier alpha value is -2.22. The van der Waals surface area contributed by atoms with Gasteiger partial charge in [0.15, 0.2) is 12.4 Å². The molecule has 2 fully saturated rings. The first-order valence-electron chi connectivity index (χ1n) is 8.29. The van der Waals surface area contributed by atoms with Crippen molar-refractivity contribution in [1.29, 1.82) is 0 Å². The number of halogens is 3. The Labute approximate surface area is 163 Å². The van der Waals surface area contributed by atoms with Gasteiger partial charge in [0, 0.05) is 6.92 Å². The summed E-state index contributed by atoms with van der Waals surface area (Å²) in [6, 6.07) is 6.17. The number of rotatable bonds is 5. The van der Waals surface area contributed by atoms with Crippen LogP contribution in [-0.2, 0) is 33.3 Å². The number of hydrogen-bond donors (Lipinski definition) is 1. The van der Waals surface area contributed by atoms with Gasteiger partial charge < -0.3 is 19.5 Å². The average Bonchev–Trinajstić information content (AvgIpc) is 3.07. The molecule has 2 bridgehead atoms. The maximum Gasteiger partial charge on any atom is 0.523 e. The van der Waals surface area contributed by atoms with Crippen molar-refractivity contribution < 1.29 is 49.6 Å².